The fourth-order valence-electron chi connectivity index (χ4n) is 4.45. The molecule has 34 heavy (non-hydrogen) atoms. The fourth-order valence-corrected chi connectivity index (χ4v) is 4.45. The van der Waals surface area contributed by atoms with Crippen LogP contribution in [0.3, 0.4) is 0 Å². The summed E-state index contributed by atoms with van der Waals surface area (Å²) in [6, 6.07) is 14.8. The van der Waals surface area contributed by atoms with Crippen LogP contribution in [-0.4, -0.2) is 53.5 Å². The van der Waals surface area contributed by atoms with Gasteiger partial charge >= 0.3 is 0 Å². The molecule has 3 aromatic rings. The van der Waals surface area contributed by atoms with Crippen LogP contribution in [0.25, 0.3) is 0 Å². The van der Waals surface area contributed by atoms with E-state index in [-0.39, 0.29) is 11.6 Å². The number of likely N-dealkylation sites (tertiary alicyclic amines) is 1. The molecule has 0 unspecified atom stereocenters. The van der Waals surface area contributed by atoms with Crippen LogP contribution in [0.15, 0.2) is 60.9 Å². The van der Waals surface area contributed by atoms with Crippen LogP contribution in [0.2, 0.25) is 0 Å². The lowest BCUT2D eigenvalue weighted by molar-refractivity contribution is -0.0548. The first-order valence-corrected chi connectivity index (χ1v) is 11.9. The molecular formula is C27H34FN3O3. The number of para-hydroxylation sites is 1. The van der Waals surface area contributed by atoms with Crippen molar-refractivity contribution in [2.24, 2.45) is 0 Å². The molecule has 0 amide bonds. The molecule has 4 rings (SSSR count). The maximum absolute atomic E-state index is 14.0. The Labute approximate surface area is 201 Å². The normalized spacial score (nSPS) is 19.0. The van der Waals surface area contributed by atoms with E-state index < -0.39 is 5.60 Å². The van der Waals surface area contributed by atoms with E-state index >= 15 is 0 Å². The van der Waals surface area contributed by atoms with Gasteiger partial charge in [0.25, 0.3) is 0 Å². The Morgan fingerprint density at radius 3 is 2.74 bits per heavy atom. The second-order valence-corrected chi connectivity index (χ2v) is 8.90. The smallest absolute Gasteiger partial charge is 0.165 e. The highest BCUT2D eigenvalue weighted by Crippen LogP contribution is 2.29. The molecule has 1 aliphatic rings. The van der Waals surface area contributed by atoms with E-state index in [2.05, 4.69) is 26.6 Å². The summed E-state index contributed by atoms with van der Waals surface area (Å²) in [5.74, 6) is 1.81. The number of benzene rings is 2. The van der Waals surface area contributed by atoms with Gasteiger partial charge < -0.3 is 18.8 Å². The third-order valence-electron chi connectivity index (χ3n) is 6.58. The van der Waals surface area contributed by atoms with Crippen LogP contribution in [0.1, 0.15) is 30.7 Å². The number of hydrogen-bond acceptors (Lipinski definition) is 5. The summed E-state index contributed by atoms with van der Waals surface area (Å²) in [5, 5.41) is 0. The molecule has 6 nitrogen and oxygen atoms in total. The molecule has 1 aliphatic heterocycles. The minimum Gasteiger partial charge on any atom is -0.492 e. The Kier molecular flexibility index (Phi) is 8.19. The minimum atomic E-state index is -0.409. The van der Waals surface area contributed by atoms with Crippen molar-refractivity contribution in [2.45, 2.75) is 44.9 Å². The molecule has 0 bridgehead atoms. The summed E-state index contributed by atoms with van der Waals surface area (Å²) in [4.78, 5) is 6.69. The molecule has 182 valence electrons. The van der Waals surface area contributed by atoms with Gasteiger partial charge in [0.1, 0.15) is 30.4 Å². The van der Waals surface area contributed by atoms with Crippen molar-refractivity contribution < 1.29 is 18.6 Å². The van der Waals surface area contributed by atoms with Gasteiger partial charge in [-0.15, -0.1) is 0 Å². The summed E-state index contributed by atoms with van der Waals surface area (Å²) >= 11 is 0. The molecule has 0 saturated carbocycles. The molecule has 7 heteroatoms. The molecule has 0 spiro atoms. The molecule has 1 fully saturated rings. The minimum absolute atomic E-state index is 0.278. The Morgan fingerprint density at radius 2 is 1.94 bits per heavy atom. The molecule has 1 saturated heterocycles. The zero-order valence-corrected chi connectivity index (χ0v) is 20.1. The van der Waals surface area contributed by atoms with Gasteiger partial charge in [0.2, 0.25) is 0 Å². The van der Waals surface area contributed by atoms with E-state index in [1.54, 1.807) is 25.3 Å². The maximum atomic E-state index is 14.0. The van der Waals surface area contributed by atoms with Crippen molar-refractivity contribution in [1.82, 2.24) is 14.5 Å². The third kappa shape index (κ3) is 6.36. The van der Waals surface area contributed by atoms with E-state index in [9.17, 15) is 4.39 Å². The predicted octanol–water partition coefficient (Wildman–Crippen LogP) is 4.86. The van der Waals surface area contributed by atoms with Gasteiger partial charge in [-0.3, -0.25) is 4.90 Å². The fraction of sp³-hybridized carbons (Fsp3) is 0.444. The Morgan fingerprint density at radius 1 is 1.06 bits per heavy atom. The van der Waals surface area contributed by atoms with Crippen molar-refractivity contribution in [3.05, 3.63) is 78.1 Å². The van der Waals surface area contributed by atoms with Crippen LogP contribution < -0.4 is 9.47 Å². The predicted molar refractivity (Wildman–Crippen MR) is 130 cm³/mol. The standard InChI is InChI=1S/C27H34FN3O3/c1-22-29-13-16-31(22)17-18-33-24-8-5-7-23(19-24)20-30-14-6-11-27(32-2,12-15-30)21-34-26-10-4-3-9-25(26)28/h3-5,7-10,13,16,19H,6,11-12,14-15,17-18,20-21H2,1-2H3/t27-/m0/s1. The van der Waals surface area contributed by atoms with Gasteiger partial charge in [-0.25, -0.2) is 9.37 Å². The number of ether oxygens (including phenoxy) is 3. The molecule has 0 N–H and O–H groups in total. The highest BCUT2D eigenvalue weighted by molar-refractivity contribution is 5.28. The van der Waals surface area contributed by atoms with Crippen molar-refractivity contribution >= 4 is 0 Å². The molecule has 0 radical (unpaired) electrons. The molecule has 2 heterocycles. The van der Waals surface area contributed by atoms with Gasteiger partial charge in [-0.2, -0.15) is 0 Å². The number of aryl methyl sites for hydroxylation is 1. The number of rotatable bonds is 10. The van der Waals surface area contributed by atoms with Gasteiger partial charge in [0.05, 0.1) is 6.54 Å². The third-order valence-corrected chi connectivity index (χ3v) is 6.58. The summed E-state index contributed by atoms with van der Waals surface area (Å²) < 4.78 is 33.8. The molecule has 2 aromatic carbocycles. The number of hydrogen-bond donors (Lipinski definition) is 0. The van der Waals surface area contributed by atoms with Crippen molar-refractivity contribution in [1.29, 1.82) is 0 Å². The first-order valence-electron chi connectivity index (χ1n) is 11.9. The Hall–Kier alpha value is -2.90. The average molecular weight is 468 g/mol. The number of halogens is 1. The molecule has 1 aromatic heterocycles. The van der Waals surface area contributed by atoms with Crippen molar-refractivity contribution in [3.63, 3.8) is 0 Å². The second kappa shape index (κ2) is 11.5. The van der Waals surface area contributed by atoms with Crippen LogP contribution >= 0.6 is 0 Å². The molecule has 0 aliphatic carbocycles. The van der Waals surface area contributed by atoms with E-state index in [0.29, 0.717) is 13.2 Å². The van der Waals surface area contributed by atoms with Gasteiger partial charge in [0.15, 0.2) is 11.6 Å². The van der Waals surface area contributed by atoms with Crippen LogP contribution in [-0.2, 0) is 17.8 Å². The molecule has 1 atom stereocenters. The number of nitrogens with zero attached hydrogens (tertiary/aromatic N) is 3. The second-order valence-electron chi connectivity index (χ2n) is 8.90. The summed E-state index contributed by atoms with van der Waals surface area (Å²) in [6.45, 7) is 6.43. The lowest BCUT2D eigenvalue weighted by Crippen LogP contribution is -2.39. The van der Waals surface area contributed by atoms with E-state index in [0.717, 1.165) is 57.0 Å². The van der Waals surface area contributed by atoms with Crippen LogP contribution in [0, 0.1) is 12.7 Å². The van der Waals surface area contributed by atoms with E-state index in [1.165, 1.54) is 11.6 Å². The number of methoxy groups -OCH3 is 1. The zero-order valence-electron chi connectivity index (χ0n) is 20.1. The molecular weight excluding hydrogens is 433 g/mol. The van der Waals surface area contributed by atoms with Crippen LogP contribution in [0.5, 0.6) is 11.5 Å². The van der Waals surface area contributed by atoms with Crippen LogP contribution in [0.4, 0.5) is 4.39 Å². The highest BCUT2D eigenvalue weighted by atomic mass is 19.1. The Bertz CT molecular complexity index is 1060. The van der Waals surface area contributed by atoms with Gasteiger partial charge in [0, 0.05) is 32.6 Å². The zero-order chi connectivity index (χ0) is 23.8. The van der Waals surface area contributed by atoms with Gasteiger partial charge in [-0.1, -0.05) is 24.3 Å². The summed E-state index contributed by atoms with van der Waals surface area (Å²) in [7, 11) is 1.73. The maximum Gasteiger partial charge on any atom is 0.165 e. The summed E-state index contributed by atoms with van der Waals surface area (Å²) in [5.41, 5.74) is 0.816. The number of aromatic nitrogens is 2. The Balaban J connectivity index is 1.29. The quantitative estimate of drug-likeness (QED) is 0.426. The van der Waals surface area contributed by atoms with E-state index in [1.807, 2.05) is 31.5 Å². The highest BCUT2D eigenvalue weighted by Gasteiger charge is 2.34. The van der Waals surface area contributed by atoms with E-state index in [4.69, 9.17) is 14.2 Å². The topological polar surface area (TPSA) is 48.8 Å². The largest absolute Gasteiger partial charge is 0.492 e. The summed E-state index contributed by atoms with van der Waals surface area (Å²) in [6.07, 6.45) is 6.48. The van der Waals surface area contributed by atoms with Crippen molar-refractivity contribution in [2.75, 3.05) is 33.4 Å². The first-order chi connectivity index (χ1) is 16.6. The lowest BCUT2D eigenvalue weighted by Gasteiger charge is -2.31. The average Bonchev–Trinajstić information content (AvgIpc) is 3.14. The lowest BCUT2D eigenvalue weighted by atomic mass is 9.95. The SMILES string of the molecule is CO[C@@]1(COc2ccccc2F)CCCN(Cc2cccc(OCCn3ccnc3C)c2)CC1. The monoisotopic (exact) mass is 467 g/mol. The van der Waals surface area contributed by atoms with Crippen molar-refractivity contribution in [3.8, 4) is 11.5 Å². The van der Waals surface area contributed by atoms with Gasteiger partial charge in [-0.05, 0) is 62.6 Å². The first kappa shape index (κ1) is 24.2. The number of imidazole rings is 1.